The Morgan fingerprint density at radius 3 is 0.308 bits per heavy atom. The molecular weight excluding hydrogens is 1440 g/mol. The van der Waals surface area contributed by atoms with Crippen molar-refractivity contribution < 1.29 is 0 Å². The Kier molecular flexibility index (Phi) is 31.7. The van der Waals surface area contributed by atoms with Crippen LogP contribution in [0.25, 0.3) is 162 Å². The second kappa shape index (κ2) is 43.6. The van der Waals surface area contributed by atoms with Gasteiger partial charge in [0.1, 0.15) is 0 Å². The summed E-state index contributed by atoms with van der Waals surface area (Å²) in [6.45, 7) is 14.2. The van der Waals surface area contributed by atoms with Crippen molar-refractivity contribution in [3.63, 3.8) is 0 Å². The molecule has 16 rings (SSSR count). The van der Waals surface area contributed by atoms with Crippen LogP contribution in [0.2, 0.25) is 0 Å². The maximum Gasteiger partial charge on any atom is -0.0000244 e. The van der Waals surface area contributed by atoms with Crippen molar-refractivity contribution in [2.45, 2.75) is 465 Å². The van der Waals surface area contributed by atoms with Crippen LogP contribution in [0.15, 0.2) is 72.8 Å². The minimum atomic E-state index is 1.19. The average Bonchev–Trinajstić information content (AvgIpc) is 0.632. The number of benzene rings is 16. The molecule has 0 heteroatoms. The highest BCUT2D eigenvalue weighted by atomic mass is 14.4. The van der Waals surface area contributed by atoms with Gasteiger partial charge in [0, 0.05) is 0 Å². The van der Waals surface area contributed by atoms with Crippen LogP contribution in [-0.2, 0) is 38.5 Å². The zero-order valence-electron chi connectivity index (χ0n) is 77.6. The van der Waals surface area contributed by atoms with Crippen LogP contribution in [0.5, 0.6) is 0 Å². The molecule has 0 aliphatic rings. The summed E-state index contributed by atoms with van der Waals surface area (Å²) in [6, 6.07) is 33.0. The molecule has 0 N–H and O–H groups in total. The zero-order valence-corrected chi connectivity index (χ0v) is 77.6. The highest BCUT2D eigenvalue weighted by Gasteiger charge is 2.37. The van der Waals surface area contributed by atoms with E-state index in [1.807, 2.05) is 0 Å². The van der Waals surface area contributed by atoms with Crippen molar-refractivity contribution in [1.29, 1.82) is 0 Å². The van der Waals surface area contributed by atoms with Crippen molar-refractivity contribution in [3.05, 3.63) is 106 Å². The van der Waals surface area contributed by atoms with E-state index in [1.165, 1.54) is 456 Å². The minimum Gasteiger partial charge on any atom is -0.0654 e. The molecule has 0 spiro atoms. The van der Waals surface area contributed by atoms with E-state index in [9.17, 15) is 0 Å². The largest absolute Gasteiger partial charge is 0.0654 e. The lowest BCUT2D eigenvalue weighted by Gasteiger charge is -2.33. The summed E-state index contributed by atoms with van der Waals surface area (Å²) in [5.41, 5.74) is 10.3. The van der Waals surface area contributed by atoms with Crippen LogP contribution < -0.4 is 0 Å². The Morgan fingerprint density at radius 2 is 0.192 bits per heavy atom. The average molecular weight is 1600 g/mol. The Labute approximate surface area is 728 Å². The summed E-state index contributed by atoms with van der Waals surface area (Å²) in [6.07, 6.45) is 89.8. The van der Waals surface area contributed by atoms with Crippen molar-refractivity contribution in [2.24, 2.45) is 0 Å². The fourth-order valence-electron chi connectivity index (χ4n) is 25.3. The van der Waals surface area contributed by atoms with Crippen molar-refractivity contribution in [1.82, 2.24) is 0 Å². The van der Waals surface area contributed by atoms with E-state index in [-0.39, 0.29) is 0 Å². The molecule has 0 atom stereocenters. The van der Waals surface area contributed by atoms with Gasteiger partial charge in [0.25, 0.3) is 0 Å². The number of aryl methyl sites for hydroxylation is 6. The molecular formula is C120H162. The van der Waals surface area contributed by atoms with Crippen LogP contribution >= 0.6 is 0 Å². The van der Waals surface area contributed by atoms with Crippen LogP contribution in [0, 0.1) is 0 Å². The first-order valence-corrected chi connectivity index (χ1v) is 53.1. The normalized spacial score (nSPS) is 12.9. The van der Waals surface area contributed by atoms with E-state index in [0.717, 1.165) is 0 Å². The second-order valence-corrected chi connectivity index (χ2v) is 40.2. The molecule has 0 radical (unpaired) electrons. The maximum atomic E-state index is 2.75. The van der Waals surface area contributed by atoms with E-state index in [1.54, 1.807) is 163 Å². The molecule has 0 aliphatic carbocycles. The molecule has 0 aliphatic heterocycles. The van der Waals surface area contributed by atoms with Gasteiger partial charge in [0.2, 0.25) is 0 Å². The van der Waals surface area contributed by atoms with Gasteiger partial charge in [-0.25, -0.2) is 0 Å². The number of unbranched alkanes of at least 4 members (excludes halogenated alkanes) is 54. The quantitative estimate of drug-likeness (QED) is 0.0202. The highest BCUT2D eigenvalue weighted by molar-refractivity contribution is 6.64. The summed E-state index contributed by atoms with van der Waals surface area (Å²) in [4.78, 5) is 0. The molecule has 0 saturated heterocycles. The summed E-state index contributed by atoms with van der Waals surface area (Å²) in [5.74, 6) is 0. The third kappa shape index (κ3) is 18.0. The van der Waals surface area contributed by atoms with Crippen molar-refractivity contribution in [2.75, 3.05) is 0 Å². The van der Waals surface area contributed by atoms with E-state index < -0.39 is 0 Å². The Morgan fingerprint density at radius 1 is 0.100 bits per heavy atom. The second-order valence-electron chi connectivity index (χ2n) is 40.2. The number of fused-ring (bicyclic) bond motifs is 3. The van der Waals surface area contributed by atoms with Crippen LogP contribution in [0.4, 0.5) is 0 Å². The minimum absolute atomic E-state index is 1.19. The summed E-state index contributed by atoms with van der Waals surface area (Å²) in [7, 11) is 0. The Bertz CT molecular complexity index is 4740. The molecule has 120 heavy (non-hydrogen) atoms. The molecule has 16 aromatic rings. The van der Waals surface area contributed by atoms with Gasteiger partial charge in [-0.3, -0.25) is 0 Å². The standard InChI is InChI=1S/C120H162/c1-7-13-19-25-31-37-43-49-55-61-67-85-86(68-62-56-50-44-38-32-26-20-14-8-2)92-74-80-98-100-82-76-94-89(71-65-59-53-47-41-35-29-23-17-11-5)90(72-66-60-54-48-42-36-30-24-18-12-6)96-78-84-102-101-83-77-95-88(70-64-58-52-46-40-34-28-22-16-10-4)87(69-63-57-51-45-39-33-27-21-15-9-3)93-75-81-99-97-79-73-91(85)103-104(92)110(98)116-115(109(97)103)117-111(99)105(93)106(95)113(101)119(117)120-114(102)108(96)107(94)112(100)118(116)120/h73-84H,7-72H2,1-6H3. The molecule has 0 unspecified atom stereocenters. The molecule has 0 saturated carbocycles. The first-order valence-electron chi connectivity index (χ1n) is 53.1. The van der Waals surface area contributed by atoms with Crippen molar-refractivity contribution in [3.8, 4) is 0 Å². The molecule has 0 bridgehead atoms. The van der Waals surface area contributed by atoms with E-state index >= 15 is 0 Å². The van der Waals surface area contributed by atoms with Gasteiger partial charge < -0.3 is 0 Å². The first-order chi connectivity index (χ1) is 59.6. The van der Waals surface area contributed by atoms with Gasteiger partial charge in [0.15, 0.2) is 0 Å². The topological polar surface area (TPSA) is 0 Å². The van der Waals surface area contributed by atoms with Crippen LogP contribution in [-0.4, -0.2) is 0 Å². The lowest BCUT2D eigenvalue weighted by Crippen LogP contribution is -2.07. The zero-order chi connectivity index (χ0) is 81.9. The van der Waals surface area contributed by atoms with E-state index in [0.29, 0.717) is 0 Å². The van der Waals surface area contributed by atoms with E-state index in [4.69, 9.17) is 0 Å². The lowest BCUT2D eigenvalue weighted by atomic mass is 9.69. The smallest absolute Gasteiger partial charge is 0.0000244 e. The summed E-state index contributed by atoms with van der Waals surface area (Å²) in [5, 5.41) is 47.8. The van der Waals surface area contributed by atoms with Gasteiger partial charge in [-0.05, 0) is 272 Å². The van der Waals surface area contributed by atoms with Crippen LogP contribution in [0.3, 0.4) is 0 Å². The third-order valence-electron chi connectivity index (χ3n) is 31.6. The molecule has 16 aromatic carbocycles. The number of hydrogen-bond donors (Lipinski definition) is 0. The van der Waals surface area contributed by atoms with Gasteiger partial charge in [-0.1, -0.05) is 461 Å². The molecule has 0 nitrogen and oxygen atoms in total. The van der Waals surface area contributed by atoms with Gasteiger partial charge >= 0.3 is 0 Å². The number of hydrogen-bond acceptors (Lipinski definition) is 0. The molecule has 642 valence electrons. The SMILES string of the molecule is CCCCCCCCCCCCc1c(CCCCCCCCCCCC)c2ccc3c4ccc5c(CCCCCCCCCCCC)c(CCCCCCCCCCCC)c6ccc7c8ccc9c(CCCCCCCCCCCC)c(CCCCCCCCCCCC)c%10ccc%11c%12ccc1c1c2c3c2c(c%121)c1c%11c%10c9c8c1c1c7c6c5c4c21. The summed E-state index contributed by atoms with van der Waals surface area (Å²) < 4.78 is 0. The predicted molar refractivity (Wildman–Crippen MR) is 543 cm³/mol. The van der Waals surface area contributed by atoms with Gasteiger partial charge in [0.05, 0.1) is 0 Å². The fraction of sp³-hybridized carbons (Fsp3) is 0.600. The number of rotatable bonds is 66. The monoisotopic (exact) mass is 1600 g/mol. The van der Waals surface area contributed by atoms with E-state index in [2.05, 4.69) is 114 Å². The highest BCUT2D eigenvalue weighted by Crippen LogP contribution is 2.64. The first kappa shape index (κ1) is 87.2. The fourth-order valence-corrected chi connectivity index (χ4v) is 25.3. The third-order valence-corrected chi connectivity index (χ3v) is 31.6. The van der Waals surface area contributed by atoms with Gasteiger partial charge in [-0.2, -0.15) is 0 Å². The Hall–Kier alpha value is -6.24. The Balaban J connectivity index is 0.915. The lowest BCUT2D eigenvalue weighted by molar-refractivity contribution is 0.554. The molecule has 0 amide bonds. The predicted octanol–water partition coefficient (Wildman–Crippen LogP) is 40.7. The molecule has 0 aromatic heterocycles. The van der Waals surface area contributed by atoms with Crippen molar-refractivity contribution >= 4 is 162 Å². The maximum absolute atomic E-state index is 2.75. The van der Waals surface area contributed by atoms with Crippen LogP contribution in [0.1, 0.15) is 460 Å². The molecule has 0 heterocycles. The summed E-state index contributed by atoms with van der Waals surface area (Å²) >= 11 is 0. The van der Waals surface area contributed by atoms with Gasteiger partial charge in [-0.15, -0.1) is 0 Å². The molecule has 0 fully saturated rings.